The number of carbonyl (C=O) groups is 3. The van der Waals surface area contributed by atoms with Gasteiger partial charge in [-0.2, -0.15) is 18.3 Å². The smallest absolute Gasteiger partial charge is 0.321 e. The molecule has 3 fully saturated rings. The Bertz CT molecular complexity index is 2400. The maximum absolute atomic E-state index is 16.1. The molecule has 0 spiro atoms. The number of alkyl halides is 4. The minimum atomic E-state index is -4.72. The summed E-state index contributed by atoms with van der Waals surface area (Å²) in [5, 5.41) is 8.12. The minimum absolute atomic E-state index is 0.168. The van der Waals surface area contributed by atoms with Crippen LogP contribution in [0.2, 0.25) is 0 Å². The largest absolute Gasteiger partial charge is 0.434 e. The molecule has 8 rings (SSSR count). The monoisotopic (exact) mass is 775 g/mol. The summed E-state index contributed by atoms with van der Waals surface area (Å²) in [6.07, 6.45) is 2.29. The van der Waals surface area contributed by atoms with Gasteiger partial charge >= 0.3 is 11.9 Å². The minimum Gasteiger partial charge on any atom is -0.321 e. The van der Waals surface area contributed by atoms with Crippen LogP contribution in [0, 0.1) is 5.92 Å². The quantitative estimate of drug-likeness (QED) is 0.166. The summed E-state index contributed by atoms with van der Waals surface area (Å²) in [4.78, 5) is 61.5. The van der Waals surface area contributed by atoms with Crippen molar-refractivity contribution in [2.45, 2.75) is 75.3 Å². The summed E-state index contributed by atoms with van der Waals surface area (Å²) in [5.41, 5.74) is 1.02. The molecule has 294 valence electrons. The van der Waals surface area contributed by atoms with Gasteiger partial charge < -0.3 is 10.2 Å². The molecule has 2 aromatic carbocycles. The topological polar surface area (TPSA) is 140 Å². The lowest BCUT2D eigenvalue weighted by atomic mass is 9.83. The Balaban J connectivity index is 0.876. The number of aryl methyl sites for hydroxylation is 1. The van der Waals surface area contributed by atoms with Gasteiger partial charge in [-0.15, -0.1) is 0 Å². The maximum atomic E-state index is 16.1. The SMILES string of the molecule is CN1C(=O)CCC(n2c(=O)n(C)c3c([C@@H]4CCN(CC5CCC(n6cc7cc(NC(=O)c8cncc(C(F)(F)F)n8)ccc7n6)CC5)C[C@H]4F)cccc32)C1=O. The summed E-state index contributed by atoms with van der Waals surface area (Å²) in [7, 11) is 3.09. The highest BCUT2D eigenvalue weighted by atomic mass is 19.4. The molecule has 1 N–H and O–H groups in total. The number of anilines is 1. The lowest BCUT2D eigenvalue weighted by molar-refractivity contribution is -0.149. The number of rotatable bonds is 7. The predicted octanol–water partition coefficient (Wildman–Crippen LogP) is 5.63. The van der Waals surface area contributed by atoms with Crippen LogP contribution < -0.4 is 11.0 Å². The third-order valence-corrected chi connectivity index (χ3v) is 11.7. The predicted molar refractivity (Wildman–Crippen MR) is 198 cm³/mol. The Labute approximate surface area is 318 Å². The molecule has 3 aliphatic rings. The van der Waals surface area contributed by atoms with Gasteiger partial charge in [0.15, 0.2) is 5.69 Å². The number of imide groups is 1. The van der Waals surface area contributed by atoms with Crippen LogP contribution in [0.1, 0.15) is 84.7 Å². The molecule has 17 heteroatoms. The third kappa shape index (κ3) is 6.96. The number of para-hydroxylation sites is 1. The lowest BCUT2D eigenvalue weighted by Crippen LogP contribution is -2.45. The number of hydrogen-bond donors (Lipinski definition) is 1. The molecule has 3 amide bonds. The van der Waals surface area contributed by atoms with Crippen LogP contribution in [0.5, 0.6) is 0 Å². The zero-order valence-electron chi connectivity index (χ0n) is 30.9. The second-order valence-corrected chi connectivity index (χ2v) is 15.2. The van der Waals surface area contributed by atoms with Crippen LogP contribution in [0.3, 0.4) is 0 Å². The Hall–Kier alpha value is -5.45. The number of halogens is 4. The Morgan fingerprint density at radius 2 is 1.77 bits per heavy atom. The number of likely N-dealkylation sites (tertiary alicyclic amines) is 2. The highest BCUT2D eigenvalue weighted by Gasteiger charge is 2.38. The molecular formula is C39H41F4N9O4. The van der Waals surface area contributed by atoms with E-state index in [1.54, 1.807) is 31.3 Å². The van der Waals surface area contributed by atoms with Gasteiger partial charge in [-0.25, -0.2) is 14.2 Å². The van der Waals surface area contributed by atoms with Crippen LogP contribution in [0.25, 0.3) is 21.9 Å². The Morgan fingerprint density at radius 3 is 2.52 bits per heavy atom. The second-order valence-electron chi connectivity index (χ2n) is 15.2. The van der Waals surface area contributed by atoms with E-state index in [1.807, 2.05) is 23.0 Å². The van der Waals surface area contributed by atoms with Crippen molar-refractivity contribution in [3.05, 3.63) is 82.4 Å². The Morgan fingerprint density at radius 1 is 0.982 bits per heavy atom. The number of piperidine rings is 2. The number of nitrogens with zero attached hydrogens (tertiary/aromatic N) is 8. The van der Waals surface area contributed by atoms with Gasteiger partial charge in [0.2, 0.25) is 5.91 Å². The van der Waals surface area contributed by atoms with Crippen molar-refractivity contribution >= 4 is 45.3 Å². The van der Waals surface area contributed by atoms with E-state index in [-0.39, 0.29) is 37.0 Å². The van der Waals surface area contributed by atoms with Gasteiger partial charge in [-0.1, -0.05) is 12.1 Å². The number of hydrogen-bond acceptors (Lipinski definition) is 8. The normalized spacial score (nSPS) is 24.0. The van der Waals surface area contributed by atoms with Crippen molar-refractivity contribution in [3.8, 4) is 0 Å². The van der Waals surface area contributed by atoms with Crippen LogP contribution in [0.4, 0.5) is 23.2 Å². The Kier molecular flexibility index (Phi) is 9.75. The van der Waals surface area contributed by atoms with Gasteiger partial charge in [0.25, 0.3) is 11.8 Å². The fraction of sp³-hybridized carbons (Fsp3) is 0.462. The number of benzene rings is 2. The van der Waals surface area contributed by atoms with Crippen molar-refractivity contribution in [2.75, 3.05) is 32.0 Å². The van der Waals surface area contributed by atoms with Crippen molar-refractivity contribution in [1.82, 2.24) is 38.7 Å². The van der Waals surface area contributed by atoms with Crippen molar-refractivity contribution in [1.29, 1.82) is 0 Å². The van der Waals surface area contributed by atoms with Crippen LogP contribution in [-0.4, -0.2) is 89.3 Å². The van der Waals surface area contributed by atoms with Gasteiger partial charge in [0, 0.05) is 56.8 Å². The molecule has 56 heavy (non-hydrogen) atoms. The number of nitrogens with one attached hydrogen (secondary N) is 1. The number of imidazole rings is 1. The second kappa shape index (κ2) is 14.6. The molecule has 5 heterocycles. The highest BCUT2D eigenvalue weighted by molar-refractivity contribution is 6.03. The lowest BCUT2D eigenvalue weighted by Gasteiger charge is -2.38. The number of carbonyl (C=O) groups excluding carboxylic acids is 3. The van der Waals surface area contributed by atoms with E-state index in [0.717, 1.165) is 59.8 Å². The fourth-order valence-electron chi connectivity index (χ4n) is 8.76. The van der Waals surface area contributed by atoms with E-state index in [2.05, 4.69) is 20.2 Å². The first-order valence-electron chi connectivity index (χ1n) is 18.8. The third-order valence-electron chi connectivity index (χ3n) is 11.7. The number of likely N-dealkylation sites (N-methyl/N-ethyl adjacent to an activating group) is 1. The van der Waals surface area contributed by atoms with E-state index in [0.29, 0.717) is 41.8 Å². The summed E-state index contributed by atoms with van der Waals surface area (Å²) in [6, 6.07) is 9.96. The maximum Gasteiger partial charge on any atom is 0.434 e. The molecule has 0 radical (unpaired) electrons. The summed E-state index contributed by atoms with van der Waals surface area (Å²) < 4.78 is 60.2. The molecule has 1 aliphatic carbocycles. The van der Waals surface area contributed by atoms with Crippen LogP contribution in [-0.2, 0) is 22.8 Å². The highest BCUT2D eigenvalue weighted by Crippen LogP contribution is 2.38. The zero-order valence-corrected chi connectivity index (χ0v) is 30.9. The van der Waals surface area contributed by atoms with Crippen molar-refractivity contribution in [3.63, 3.8) is 0 Å². The summed E-state index contributed by atoms with van der Waals surface area (Å²) >= 11 is 0. The van der Waals surface area contributed by atoms with E-state index in [1.165, 1.54) is 16.2 Å². The average molecular weight is 776 g/mol. The van der Waals surface area contributed by atoms with Crippen molar-refractivity contribution in [2.24, 2.45) is 13.0 Å². The standard InChI is InChI=1S/C39H41F4N9O4/c1-48-34(53)13-12-32(37(48)55)52-31-5-3-4-27(35(31)49(2)38(52)56)26-14-15-50(21-28(26)40)19-22-6-9-25(10-7-22)51-20-23-16-24(8-11-29(23)47-51)45-36(54)30-17-44-18-33(46-30)39(41,42)43/h3-5,8,11,16-18,20,22,25-26,28,32H,6-7,9-10,12-15,19,21H2,1-2H3,(H,45,54)/t22?,25?,26-,28+,32?/m0/s1. The molecule has 2 saturated heterocycles. The summed E-state index contributed by atoms with van der Waals surface area (Å²) in [5.74, 6) is -1.50. The number of amides is 3. The van der Waals surface area contributed by atoms with E-state index >= 15 is 4.39 Å². The van der Waals surface area contributed by atoms with Gasteiger partial charge in [-0.05, 0) is 80.8 Å². The molecule has 0 bridgehead atoms. The molecule has 1 saturated carbocycles. The molecule has 3 atom stereocenters. The summed E-state index contributed by atoms with van der Waals surface area (Å²) in [6.45, 7) is 1.79. The van der Waals surface area contributed by atoms with Gasteiger partial charge in [0.1, 0.15) is 17.9 Å². The molecule has 5 aromatic rings. The molecule has 2 aliphatic heterocycles. The van der Waals surface area contributed by atoms with E-state index in [9.17, 15) is 32.3 Å². The fourth-order valence-corrected chi connectivity index (χ4v) is 8.76. The number of aromatic nitrogens is 6. The molecule has 1 unspecified atom stereocenters. The molecular weight excluding hydrogens is 734 g/mol. The first-order valence-corrected chi connectivity index (χ1v) is 18.8. The van der Waals surface area contributed by atoms with Crippen molar-refractivity contribution < 1.29 is 31.9 Å². The number of fused-ring (bicyclic) bond motifs is 2. The van der Waals surface area contributed by atoms with Crippen LogP contribution >= 0.6 is 0 Å². The molecule has 13 nitrogen and oxygen atoms in total. The average Bonchev–Trinajstić information content (AvgIpc) is 3.72. The van der Waals surface area contributed by atoms with Gasteiger partial charge in [0.05, 0.1) is 35.0 Å². The first kappa shape index (κ1) is 37.5. The van der Waals surface area contributed by atoms with E-state index in [4.69, 9.17) is 5.10 Å². The zero-order chi connectivity index (χ0) is 39.5. The molecule has 3 aromatic heterocycles. The van der Waals surface area contributed by atoms with Gasteiger partial charge in [-0.3, -0.25) is 38.1 Å². The first-order chi connectivity index (χ1) is 26.8. The van der Waals surface area contributed by atoms with Crippen LogP contribution in [0.15, 0.2) is 59.8 Å². The van der Waals surface area contributed by atoms with E-state index < -0.39 is 47.5 Å².